The molecule has 2 amide bonds. The Morgan fingerprint density at radius 2 is 2.00 bits per heavy atom. The predicted molar refractivity (Wildman–Crippen MR) is 83.1 cm³/mol. The van der Waals surface area contributed by atoms with Gasteiger partial charge in [0.1, 0.15) is 0 Å². The molecule has 1 aliphatic heterocycles. The van der Waals surface area contributed by atoms with Crippen LogP contribution in [0.5, 0.6) is 0 Å². The Morgan fingerprint density at radius 3 is 2.65 bits per heavy atom. The fraction of sp³-hybridized carbons (Fsp3) is 0.562. The van der Waals surface area contributed by atoms with Crippen molar-refractivity contribution in [3.63, 3.8) is 0 Å². The van der Waals surface area contributed by atoms with E-state index in [2.05, 4.69) is 16.7 Å². The van der Waals surface area contributed by atoms with Crippen LogP contribution in [0, 0.1) is 0 Å². The van der Waals surface area contributed by atoms with Crippen LogP contribution in [0.1, 0.15) is 45.2 Å². The molecule has 2 rings (SSSR count). The third-order valence-corrected chi connectivity index (χ3v) is 3.55. The van der Waals surface area contributed by atoms with Gasteiger partial charge in [0.2, 0.25) is 0 Å². The first-order chi connectivity index (χ1) is 9.42. The normalized spacial score (nSPS) is 19.2. The number of carbonyl (C=O) groups is 1. The van der Waals surface area contributed by atoms with Gasteiger partial charge in [0.15, 0.2) is 0 Å². The van der Waals surface area contributed by atoms with Crippen molar-refractivity contribution in [2.24, 2.45) is 0 Å². The highest BCUT2D eigenvalue weighted by molar-refractivity contribution is 5.93. The molecule has 0 aromatic heterocycles. The van der Waals surface area contributed by atoms with Crippen LogP contribution in [-0.4, -0.2) is 25.2 Å². The number of nitrogens with one attached hydrogen (secondary N) is 2. The number of urea groups is 1. The number of amides is 2. The molecule has 0 saturated carbocycles. The second kappa shape index (κ2) is 5.83. The van der Waals surface area contributed by atoms with Gasteiger partial charge in [-0.2, -0.15) is 0 Å². The minimum Gasteiger partial charge on any atom is -0.333 e. The molecule has 1 atom stereocenters. The molecule has 0 spiro atoms. The van der Waals surface area contributed by atoms with Crippen LogP contribution in [0.25, 0.3) is 0 Å². The van der Waals surface area contributed by atoms with E-state index in [-0.39, 0.29) is 11.6 Å². The molecule has 0 fully saturated rings. The number of anilines is 1. The van der Waals surface area contributed by atoms with Crippen LogP contribution in [0.15, 0.2) is 24.3 Å². The molecule has 0 aliphatic carbocycles. The van der Waals surface area contributed by atoms with Gasteiger partial charge in [0, 0.05) is 18.1 Å². The molecule has 1 aromatic carbocycles. The lowest BCUT2D eigenvalue weighted by Gasteiger charge is -2.29. The molecule has 20 heavy (non-hydrogen) atoms. The molecule has 1 aliphatic rings. The third-order valence-electron chi connectivity index (χ3n) is 3.55. The minimum absolute atomic E-state index is 0.0123. The summed E-state index contributed by atoms with van der Waals surface area (Å²) in [6, 6.07) is 8.48. The van der Waals surface area contributed by atoms with Gasteiger partial charge in [-0.3, -0.25) is 4.90 Å². The SMILES string of the molecule is CNC1CCCN(C(=O)NC(C)(C)C)c2ccccc21. The number of hydrogen-bond donors (Lipinski definition) is 2. The molecule has 0 saturated heterocycles. The first kappa shape index (κ1) is 14.9. The van der Waals surface area contributed by atoms with Gasteiger partial charge in [0.05, 0.1) is 5.69 Å². The fourth-order valence-corrected chi connectivity index (χ4v) is 2.66. The summed E-state index contributed by atoms with van der Waals surface area (Å²) in [4.78, 5) is 14.4. The standard InChI is InChI=1S/C16H25N3O/c1-16(2,3)18-15(20)19-11-7-9-13(17-4)12-8-5-6-10-14(12)19/h5-6,8,10,13,17H,7,9,11H2,1-4H3,(H,18,20). The molecule has 1 unspecified atom stereocenters. The zero-order chi connectivity index (χ0) is 14.8. The number of rotatable bonds is 1. The number of nitrogens with zero attached hydrogens (tertiary/aromatic N) is 1. The Labute approximate surface area is 121 Å². The van der Waals surface area contributed by atoms with Crippen LogP contribution in [0.2, 0.25) is 0 Å². The lowest BCUT2D eigenvalue weighted by molar-refractivity contribution is 0.237. The Hall–Kier alpha value is -1.55. The molecule has 110 valence electrons. The molecule has 4 nitrogen and oxygen atoms in total. The van der Waals surface area contributed by atoms with Crippen molar-refractivity contribution in [3.05, 3.63) is 29.8 Å². The Morgan fingerprint density at radius 1 is 1.30 bits per heavy atom. The van der Waals surface area contributed by atoms with E-state index in [4.69, 9.17) is 0 Å². The molecule has 0 bridgehead atoms. The van der Waals surface area contributed by atoms with Gasteiger partial charge in [-0.25, -0.2) is 4.79 Å². The van der Waals surface area contributed by atoms with Crippen molar-refractivity contribution in [3.8, 4) is 0 Å². The highest BCUT2D eigenvalue weighted by Gasteiger charge is 2.27. The minimum atomic E-state index is -0.221. The molecule has 0 radical (unpaired) electrons. The highest BCUT2D eigenvalue weighted by atomic mass is 16.2. The lowest BCUT2D eigenvalue weighted by atomic mass is 10.0. The number of carbonyl (C=O) groups excluding carboxylic acids is 1. The van der Waals surface area contributed by atoms with Gasteiger partial charge in [0.25, 0.3) is 0 Å². The average Bonchev–Trinajstić information content (AvgIpc) is 2.55. The molecular formula is C16H25N3O. The first-order valence-electron chi connectivity index (χ1n) is 7.28. The zero-order valence-electron chi connectivity index (χ0n) is 12.9. The van der Waals surface area contributed by atoms with E-state index in [0.29, 0.717) is 6.04 Å². The van der Waals surface area contributed by atoms with Gasteiger partial charge in [-0.05, 0) is 52.3 Å². The third kappa shape index (κ3) is 3.31. The van der Waals surface area contributed by atoms with Gasteiger partial charge >= 0.3 is 6.03 Å². The monoisotopic (exact) mass is 275 g/mol. The van der Waals surface area contributed by atoms with Gasteiger partial charge in [-0.1, -0.05) is 18.2 Å². The van der Waals surface area contributed by atoms with Crippen LogP contribution < -0.4 is 15.5 Å². The summed E-state index contributed by atoms with van der Waals surface area (Å²) in [7, 11) is 1.98. The molecule has 1 heterocycles. The van der Waals surface area contributed by atoms with E-state index in [0.717, 1.165) is 25.1 Å². The number of para-hydroxylation sites is 1. The summed E-state index contributed by atoms with van der Waals surface area (Å²) in [5.41, 5.74) is 2.00. The van der Waals surface area contributed by atoms with Crippen LogP contribution in [-0.2, 0) is 0 Å². The maximum Gasteiger partial charge on any atom is 0.322 e. The zero-order valence-corrected chi connectivity index (χ0v) is 12.9. The summed E-state index contributed by atoms with van der Waals surface area (Å²) < 4.78 is 0. The Balaban J connectivity index is 2.32. The lowest BCUT2D eigenvalue weighted by Crippen LogP contribution is -2.49. The van der Waals surface area contributed by atoms with E-state index < -0.39 is 0 Å². The van der Waals surface area contributed by atoms with E-state index in [1.54, 1.807) is 0 Å². The predicted octanol–water partition coefficient (Wildman–Crippen LogP) is 3.06. The van der Waals surface area contributed by atoms with Gasteiger partial charge in [-0.15, -0.1) is 0 Å². The fourth-order valence-electron chi connectivity index (χ4n) is 2.66. The number of fused-ring (bicyclic) bond motifs is 1. The quantitative estimate of drug-likeness (QED) is 0.827. The molecule has 2 N–H and O–H groups in total. The summed E-state index contributed by atoms with van der Waals surface area (Å²) >= 11 is 0. The molecular weight excluding hydrogens is 250 g/mol. The van der Waals surface area contributed by atoms with Gasteiger partial charge < -0.3 is 10.6 Å². The summed E-state index contributed by atoms with van der Waals surface area (Å²) in [6.45, 7) is 6.78. The topological polar surface area (TPSA) is 44.4 Å². The van der Waals surface area contributed by atoms with E-state index in [1.807, 2.05) is 50.9 Å². The van der Waals surface area contributed by atoms with Crippen molar-refractivity contribution >= 4 is 11.7 Å². The summed E-state index contributed by atoms with van der Waals surface area (Å²) in [5, 5.41) is 6.41. The maximum absolute atomic E-state index is 12.5. The van der Waals surface area contributed by atoms with Crippen molar-refractivity contribution in [2.45, 2.75) is 45.2 Å². The second-order valence-electron chi connectivity index (χ2n) is 6.37. The maximum atomic E-state index is 12.5. The Bertz CT molecular complexity index is 479. The van der Waals surface area contributed by atoms with Crippen LogP contribution in [0.3, 0.4) is 0 Å². The second-order valence-corrected chi connectivity index (χ2v) is 6.37. The van der Waals surface area contributed by atoms with E-state index >= 15 is 0 Å². The van der Waals surface area contributed by atoms with Crippen LogP contribution in [0.4, 0.5) is 10.5 Å². The van der Waals surface area contributed by atoms with Crippen LogP contribution >= 0.6 is 0 Å². The largest absolute Gasteiger partial charge is 0.333 e. The van der Waals surface area contributed by atoms with Crippen molar-refractivity contribution in [1.82, 2.24) is 10.6 Å². The summed E-state index contributed by atoms with van der Waals surface area (Å²) in [5.74, 6) is 0. The van der Waals surface area contributed by atoms with Crippen molar-refractivity contribution in [2.75, 3.05) is 18.5 Å². The smallest absolute Gasteiger partial charge is 0.322 e. The highest BCUT2D eigenvalue weighted by Crippen LogP contribution is 2.32. The first-order valence-corrected chi connectivity index (χ1v) is 7.28. The van der Waals surface area contributed by atoms with E-state index in [9.17, 15) is 4.79 Å². The van der Waals surface area contributed by atoms with E-state index in [1.165, 1.54) is 5.56 Å². The molecule has 1 aromatic rings. The summed E-state index contributed by atoms with van der Waals surface area (Å²) in [6.07, 6.45) is 2.05. The average molecular weight is 275 g/mol. The van der Waals surface area contributed by atoms with Crippen molar-refractivity contribution < 1.29 is 4.79 Å². The number of hydrogen-bond acceptors (Lipinski definition) is 2. The number of benzene rings is 1. The van der Waals surface area contributed by atoms with Crippen molar-refractivity contribution in [1.29, 1.82) is 0 Å². The molecule has 4 heteroatoms. The Kier molecular flexibility index (Phi) is 4.33.